The van der Waals surface area contributed by atoms with Crippen LogP contribution in [0.1, 0.15) is 33.1 Å². The first-order valence-corrected chi connectivity index (χ1v) is 7.03. The van der Waals surface area contributed by atoms with E-state index in [4.69, 9.17) is 0 Å². The monoisotopic (exact) mass is 239 g/mol. The van der Waals surface area contributed by atoms with E-state index in [1.54, 1.807) is 11.9 Å². The van der Waals surface area contributed by atoms with E-state index in [0.717, 1.165) is 11.6 Å². The Kier molecular flexibility index (Phi) is 4.29. The Morgan fingerprint density at radius 3 is 2.94 bits per heavy atom. The summed E-state index contributed by atoms with van der Waals surface area (Å²) in [6, 6.07) is 0. The van der Waals surface area contributed by atoms with E-state index in [1.165, 1.54) is 32.4 Å². The number of likely N-dealkylation sites (tertiary alicyclic amines) is 1. The minimum Gasteiger partial charge on any atom is -0.331 e. The highest BCUT2D eigenvalue weighted by molar-refractivity contribution is 7.98. The van der Waals surface area contributed by atoms with Gasteiger partial charge in [-0.2, -0.15) is 0 Å². The minimum atomic E-state index is 0.395. The molecule has 0 aliphatic carbocycles. The molecule has 0 bridgehead atoms. The van der Waals surface area contributed by atoms with Gasteiger partial charge in [-0.15, -0.1) is 0 Å². The number of nitrogens with one attached hydrogen (secondary N) is 1. The zero-order chi connectivity index (χ0) is 11.4. The Labute approximate surface area is 103 Å². The average molecular weight is 239 g/mol. The summed E-state index contributed by atoms with van der Waals surface area (Å²) in [5.41, 5.74) is 1.13. The van der Waals surface area contributed by atoms with Gasteiger partial charge in [-0.25, -0.2) is 0 Å². The lowest BCUT2D eigenvalue weighted by molar-refractivity contribution is 0.193. The van der Waals surface area contributed by atoms with Crippen LogP contribution in [0.2, 0.25) is 0 Å². The highest BCUT2D eigenvalue weighted by Gasteiger charge is 2.24. The number of rotatable bonds is 2. The van der Waals surface area contributed by atoms with E-state index in [9.17, 15) is 0 Å². The second-order valence-electron chi connectivity index (χ2n) is 4.61. The number of piperidine rings is 1. The minimum absolute atomic E-state index is 0.395. The molecule has 2 rings (SSSR count). The topological polar surface area (TPSA) is 27.6 Å². The molecule has 0 spiro atoms. The SMILES string of the molecule is CCC1CCN(C2C=NC=C(C)NS2)CC1. The van der Waals surface area contributed by atoms with Gasteiger partial charge in [-0.3, -0.25) is 9.89 Å². The van der Waals surface area contributed by atoms with Crippen molar-refractivity contribution >= 4 is 18.2 Å². The number of nitrogens with zero attached hydrogens (tertiary/aromatic N) is 2. The third-order valence-corrected chi connectivity index (χ3v) is 4.51. The molecule has 1 fully saturated rings. The van der Waals surface area contributed by atoms with Crippen LogP contribution < -0.4 is 4.72 Å². The lowest BCUT2D eigenvalue weighted by Crippen LogP contribution is -2.41. The number of hydrogen-bond donors (Lipinski definition) is 1. The summed E-state index contributed by atoms with van der Waals surface area (Å²) in [7, 11) is 0. The van der Waals surface area contributed by atoms with Crippen molar-refractivity contribution in [3.05, 3.63) is 11.9 Å². The van der Waals surface area contributed by atoms with Crippen LogP contribution in [0.4, 0.5) is 0 Å². The molecule has 2 aliphatic heterocycles. The van der Waals surface area contributed by atoms with Gasteiger partial charge >= 0.3 is 0 Å². The Morgan fingerprint density at radius 2 is 2.25 bits per heavy atom. The van der Waals surface area contributed by atoms with Gasteiger partial charge in [0.2, 0.25) is 0 Å². The maximum Gasteiger partial charge on any atom is 0.112 e. The largest absolute Gasteiger partial charge is 0.331 e. The molecule has 1 atom stereocenters. The third-order valence-electron chi connectivity index (χ3n) is 3.41. The zero-order valence-electron chi connectivity index (χ0n) is 10.1. The van der Waals surface area contributed by atoms with E-state index in [2.05, 4.69) is 34.7 Å². The van der Waals surface area contributed by atoms with E-state index in [0.29, 0.717) is 5.37 Å². The zero-order valence-corrected chi connectivity index (χ0v) is 11.0. The van der Waals surface area contributed by atoms with Crippen molar-refractivity contribution in [3.8, 4) is 0 Å². The Hall–Kier alpha value is -0.480. The van der Waals surface area contributed by atoms with Crippen LogP contribution in [-0.4, -0.2) is 29.6 Å². The molecule has 0 amide bonds. The van der Waals surface area contributed by atoms with Crippen molar-refractivity contribution < 1.29 is 0 Å². The fraction of sp³-hybridized carbons (Fsp3) is 0.750. The molecule has 2 heterocycles. The van der Waals surface area contributed by atoms with Crippen LogP contribution in [0.15, 0.2) is 16.9 Å². The van der Waals surface area contributed by atoms with Crippen LogP contribution >= 0.6 is 11.9 Å². The molecule has 4 heteroatoms. The molecule has 1 saturated heterocycles. The number of aliphatic imine (C=N–C) groups is 1. The smallest absolute Gasteiger partial charge is 0.112 e. The summed E-state index contributed by atoms with van der Waals surface area (Å²) >= 11 is 1.77. The normalized spacial score (nSPS) is 28.4. The molecule has 0 radical (unpaired) electrons. The lowest BCUT2D eigenvalue weighted by atomic mass is 9.94. The van der Waals surface area contributed by atoms with Crippen molar-refractivity contribution in [2.24, 2.45) is 10.9 Å². The Morgan fingerprint density at radius 1 is 1.50 bits per heavy atom. The quantitative estimate of drug-likeness (QED) is 0.751. The van der Waals surface area contributed by atoms with Crippen molar-refractivity contribution in [3.63, 3.8) is 0 Å². The van der Waals surface area contributed by atoms with Crippen molar-refractivity contribution in [1.29, 1.82) is 0 Å². The predicted octanol–water partition coefficient (Wildman–Crippen LogP) is 2.62. The van der Waals surface area contributed by atoms with Crippen LogP contribution in [0, 0.1) is 5.92 Å². The second-order valence-corrected chi connectivity index (χ2v) is 5.53. The van der Waals surface area contributed by atoms with Crippen LogP contribution in [0.3, 0.4) is 0 Å². The molecule has 2 aliphatic rings. The molecular weight excluding hydrogens is 218 g/mol. The van der Waals surface area contributed by atoms with E-state index < -0.39 is 0 Å². The standard InChI is InChI=1S/C12H21N3S/c1-3-11-4-6-15(7-5-11)12-9-13-8-10(2)14-16-12/h8-9,11-12,14H,3-7H2,1-2H3. The molecule has 0 aromatic heterocycles. The average Bonchev–Trinajstić information content (AvgIpc) is 2.54. The second kappa shape index (κ2) is 5.73. The van der Waals surface area contributed by atoms with Crippen LogP contribution in [-0.2, 0) is 0 Å². The van der Waals surface area contributed by atoms with Gasteiger partial charge in [0.25, 0.3) is 0 Å². The number of allylic oxidation sites excluding steroid dienone is 1. The summed E-state index contributed by atoms with van der Waals surface area (Å²) in [6.07, 6.45) is 7.96. The van der Waals surface area contributed by atoms with Gasteiger partial charge in [-0.05, 0) is 50.7 Å². The summed E-state index contributed by atoms with van der Waals surface area (Å²) in [6.45, 7) is 6.78. The fourth-order valence-electron chi connectivity index (χ4n) is 2.22. The van der Waals surface area contributed by atoms with Gasteiger partial charge < -0.3 is 4.72 Å². The third kappa shape index (κ3) is 3.01. The Bertz CT molecular complexity index is 280. The molecule has 3 nitrogen and oxygen atoms in total. The van der Waals surface area contributed by atoms with Crippen molar-refractivity contribution in [2.75, 3.05) is 13.1 Å². The highest BCUT2D eigenvalue weighted by Crippen LogP contribution is 2.24. The van der Waals surface area contributed by atoms with Gasteiger partial charge in [-0.1, -0.05) is 13.3 Å². The molecule has 1 unspecified atom stereocenters. The van der Waals surface area contributed by atoms with Gasteiger partial charge in [0, 0.05) is 18.1 Å². The van der Waals surface area contributed by atoms with Gasteiger partial charge in [0.15, 0.2) is 0 Å². The molecule has 16 heavy (non-hydrogen) atoms. The van der Waals surface area contributed by atoms with Crippen LogP contribution in [0.25, 0.3) is 0 Å². The molecule has 0 aromatic carbocycles. The van der Waals surface area contributed by atoms with Gasteiger partial charge in [0.05, 0.1) is 0 Å². The van der Waals surface area contributed by atoms with E-state index >= 15 is 0 Å². The lowest BCUT2D eigenvalue weighted by Gasteiger charge is -2.34. The van der Waals surface area contributed by atoms with Crippen LogP contribution in [0.5, 0.6) is 0 Å². The molecular formula is C12H21N3S. The maximum atomic E-state index is 4.34. The summed E-state index contributed by atoms with van der Waals surface area (Å²) in [5, 5.41) is 0.395. The van der Waals surface area contributed by atoms with E-state index in [-0.39, 0.29) is 0 Å². The van der Waals surface area contributed by atoms with Crippen molar-refractivity contribution in [2.45, 2.75) is 38.5 Å². The first kappa shape index (κ1) is 12.0. The first-order chi connectivity index (χ1) is 7.79. The maximum absolute atomic E-state index is 4.34. The Balaban J connectivity index is 1.85. The molecule has 90 valence electrons. The number of hydrogen-bond acceptors (Lipinski definition) is 4. The van der Waals surface area contributed by atoms with Crippen molar-refractivity contribution in [1.82, 2.24) is 9.62 Å². The summed E-state index contributed by atoms with van der Waals surface area (Å²) < 4.78 is 3.33. The molecule has 1 N–H and O–H groups in total. The van der Waals surface area contributed by atoms with Gasteiger partial charge in [0.1, 0.15) is 5.37 Å². The molecule has 0 saturated carbocycles. The summed E-state index contributed by atoms with van der Waals surface area (Å²) in [5.74, 6) is 0.941. The molecule has 0 aromatic rings. The first-order valence-electron chi connectivity index (χ1n) is 6.15. The summed E-state index contributed by atoms with van der Waals surface area (Å²) in [4.78, 5) is 6.86. The predicted molar refractivity (Wildman–Crippen MR) is 71.4 cm³/mol. The van der Waals surface area contributed by atoms with E-state index in [1.807, 2.05) is 6.20 Å². The highest BCUT2D eigenvalue weighted by atomic mass is 32.2. The fourth-order valence-corrected chi connectivity index (χ4v) is 3.07.